The first-order chi connectivity index (χ1) is 18.8. The fraction of sp³-hybridized carbons (Fsp3) is 0.500. The molecule has 3 N–H and O–H groups in total. The fourth-order valence-corrected chi connectivity index (χ4v) is 7.01. The van der Waals surface area contributed by atoms with Crippen LogP contribution in [-0.2, 0) is 23.7 Å². The molecule has 214 valence electrons. The summed E-state index contributed by atoms with van der Waals surface area (Å²) in [7, 11) is 0. The van der Waals surface area contributed by atoms with Crippen molar-refractivity contribution in [1.82, 2.24) is 0 Å². The Morgan fingerprint density at radius 3 is 1.90 bits per heavy atom. The maximum absolute atomic E-state index is 13.3. The number of aliphatic hydroxyl groups is 3. The van der Waals surface area contributed by atoms with E-state index >= 15 is 0 Å². The molecular formula is C30H34O10. The summed E-state index contributed by atoms with van der Waals surface area (Å²) in [5.74, 6) is -3.11. The summed E-state index contributed by atoms with van der Waals surface area (Å²) >= 11 is 0. The normalized spacial score (nSPS) is 37.6. The number of carbonyl (C=O) groups excluding carboxylic acids is 3. The third-order valence-electron chi connectivity index (χ3n) is 8.67. The minimum absolute atomic E-state index is 0.0751. The molecule has 0 radical (unpaired) electrons. The van der Waals surface area contributed by atoms with Gasteiger partial charge in [0.2, 0.25) is 5.60 Å². The third kappa shape index (κ3) is 4.04. The second kappa shape index (κ2) is 9.66. The molecule has 40 heavy (non-hydrogen) atoms. The van der Waals surface area contributed by atoms with Gasteiger partial charge in [-0.1, -0.05) is 36.4 Å². The number of aliphatic hydroxyl groups excluding tert-OH is 2. The molecule has 5 rings (SSSR count). The monoisotopic (exact) mass is 554 g/mol. The number of ether oxygens (including phenoxy) is 4. The summed E-state index contributed by atoms with van der Waals surface area (Å²) in [6.45, 7) is 5.88. The summed E-state index contributed by atoms with van der Waals surface area (Å²) in [6, 6.07) is 16.2. The van der Waals surface area contributed by atoms with Crippen molar-refractivity contribution in [2.75, 3.05) is 0 Å². The van der Waals surface area contributed by atoms with E-state index in [0.717, 1.165) is 6.92 Å². The Labute approximate surface area is 231 Å². The molecule has 8 atom stereocenters. The molecule has 1 spiro atoms. The molecule has 1 heterocycles. The van der Waals surface area contributed by atoms with Crippen LogP contribution in [0.4, 0.5) is 0 Å². The van der Waals surface area contributed by atoms with Gasteiger partial charge in [-0.15, -0.1) is 0 Å². The molecule has 0 amide bonds. The zero-order valence-corrected chi connectivity index (χ0v) is 22.8. The summed E-state index contributed by atoms with van der Waals surface area (Å²) in [5, 5.41) is 35.8. The van der Waals surface area contributed by atoms with E-state index in [2.05, 4.69) is 0 Å². The molecule has 1 saturated heterocycles. The van der Waals surface area contributed by atoms with Crippen LogP contribution in [0.25, 0.3) is 0 Å². The van der Waals surface area contributed by atoms with E-state index in [1.165, 1.54) is 19.1 Å². The Balaban J connectivity index is 1.65. The number of fused-ring (bicyclic) bond motifs is 1. The van der Waals surface area contributed by atoms with Gasteiger partial charge in [-0.25, -0.2) is 9.59 Å². The van der Waals surface area contributed by atoms with Crippen molar-refractivity contribution in [2.24, 2.45) is 5.92 Å². The zero-order valence-electron chi connectivity index (χ0n) is 22.8. The highest BCUT2D eigenvalue weighted by Crippen LogP contribution is 2.65. The minimum Gasteiger partial charge on any atom is -0.456 e. The Morgan fingerprint density at radius 1 is 0.850 bits per heavy atom. The van der Waals surface area contributed by atoms with Gasteiger partial charge in [-0.3, -0.25) is 4.79 Å². The summed E-state index contributed by atoms with van der Waals surface area (Å²) in [4.78, 5) is 39.1. The molecular weight excluding hydrogens is 520 g/mol. The zero-order chi connectivity index (χ0) is 29.1. The smallest absolute Gasteiger partial charge is 0.338 e. The maximum atomic E-state index is 13.3. The minimum atomic E-state index is -2.35. The van der Waals surface area contributed by atoms with Gasteiger partial charge in [0.05, 0.1) is 22.8 Å². The van der Waals surface area contributed by atoms with Gasteiger partial charge in [0, 0.05) is 19.3 Å². The molecule has 2 bridgehead atoms. The fourth-order valence-electron chi connectivity index (χ4n) is 7.01. The van der Waals surface area contributed by atoms with Crippen molar-refractivity contribution in [3.05, 3.63) is 71.8 Å². The van der Waals surface area contributed by atoms with Gasteiger partial charge in [-0.2, -0.15) is 0 Å². The van der Waals surface area contributed by atoms with Gasteiger partial charge in [0.25, 0.3) is 0 Å². The number of hydrogen-bond donors (Lipinski definition) is 3. The van der Waals surface area contributed by atoms with E-state index in [4.69, 9.17) is 18.9 Å². The predicted octanol–water partition coefficient (Wildman–Crippen LogP) is 2.18. The van der Waals surface area contributed by atoms with Crippen LogP contribution < -0.4 is 0 Å². The summed E-state index contributed by atoms with van der Waals surface area (Å²) < 4.78 is 24.0. The van der Waals surface area contributed by atoms with Gasteiger partial charge in [-0.05, 0) is 51.5 Å². The number of benzene rings is 2. The van der Waals surface area contributed by atoms with E-state index in [0.29, 0.717) is 0 Å². The van der Waals surface area contributed by atoms with E-state index in [9.17, 15) is 29.7 Å². The molecule has 10 heteroatoms. The van der Waals surface area contributed by atoms with Crippen LogP contribution in [0.15, 0.2) is 60.7 Å². The molecule has 2 aliphatic carbocycles. The van der Waals surface area contributed by atoms with Crippen molar-refractivity contribution >= 4 is 17.9 Å². The van der Waals surface area contributed by atoms with Crippen LogP contribution in [0.3, 0.4) is 0 Å². The number of hydrogen-bond acceptors (Lipinski definition) is 10. The number of rotatable bonds is 5. The molecule has 2 aromatic carbocycles. The molecule has 2 aromatic rings. The first kappa shape index (κ1) is 28.2. The second-order valence-corrected chi connectivity index (χ2v) is 11.6. The third-order valence-corrected chi connectivity index (χ3v) is 8.67. The van der Waals surface area contributed by atoms with E-state index in [-0.39, 0.29) is 24.0 Å². The lowest BCUT2D eigenvalue weighted by Gasteiger charge is -2.64. The van der Waals surface area contributed by atoms with Crippen LogP contribution >= 0.6 is 0 Å². The highest BCUT2D eigenvalue weighted by molar-refractivity contribution is 5.90. The van der Waals surface area contributed by atoms with Gasteiger partial charge < -0.3 is 34.3 Å². The number of esters is 3. The predicted molar refractivity (Wildman–Crippen MR) is 139 cm³/mol. The summed E-state index contributed by atoms with van der Waals surface area (Å²) in [5.41, 5.74) is -7.21. The van der Waals surface area contributed by atoms with Crippen molar-refractivity contribution < 1.29 is 48.7 Å². The first-order valence-corrected chi connectivity index (χ1v) is 13.3. The highest BCUT2D eigenvalue weighted by Gasteiger charge is 2.86. The lowest BCUT2D eigenvalue weighted by Crippen LogP contribution is -2.86. The topological polar surface area (TPSA) is 149 Å². The van der Waals surface area contributed by atoms with Crippen LogP contribution in [-0.4, -0.2) is 80.0 Å². The molecule has 1 aliphatic heterocycles. The lowest BCUT2D eigenvalue weighted by atomic mass is 9.51. The van der Waals surface area contributed by atoms with Crippen LogP contribution in [0.1, 0.15) is 61.3 Å². The first-order valence-electron chi connectivity index (χ1n) is 13.3. The van der Waals surface area contributed by atoms with Gasteiger partial charge >= 0.3 is 17.9 Å². The standard InChI is InChI=1S/C30H34O10/c1-17(31)39-29-22(38-26(35)19-13-9-6-10-14-19)15-20-23(32)30(29,40-27(20,2)3)28(4,36)16-21(24(29)33)37-25(34)18-11-7-5-8-12-18/h5-14,20-24,32-33,36H,15-16H2,1-4H3/t20?,21-,22-,23+,24-,28-,29-,30-/m0/s1. The average Bonchev–Trinajstić information content (AvgIpc) is 3.06. The average molecular weight is 555 g/mol. The Hall–Kier alpha value is -3.31. The molecule has 10 nitrogen and oxygen atoms in total. The van der Waals surface area contributed by atoms with Crippen LogP contribution in [0, 0.1) is 5.92 Å². The van der Waals surface area contributed by atoms with E-state index in [1.54, 1.807) is 62.4 Å². The van der Waals surface area contributed by atoms with Gasteiger partial charge in [0.1, 0.15) is 23.9 Å². The van der Waals surface area contributed by atoms with Crippen molar-refractivity contribution in [3.8, 4) is 0 Å². The SMILES string of the molecule is CC(=O)O[C@]12[C@@H](OC(=O)c3ccccc3)CC3[C@@H](O)[C@]1(OC3(C)C)[C@@](C)(O)C[C@H](OC(=O)c1ccccc1)[C@@H]2O. The largest absolute Gasteiger partial charge is 0.456 e. The Kier molecular flexibility index (Phi) is 6.81. The van der Waals surface area contributed by atoms with Crippen molar-refractivity contribution in [3.63, 3.8) is 0 Å². The summed E-state index contributed by atoms with van der Waals surface area (Å²) in [6.07, 6.45) is -6.56. The molecule has 0 aromatic heterocycles. The molecule has 2 saturated carbocycles. The van der Waals surface area contributed by atoms with Crippen LogP contribution in [0.5, 0.6) is 0 Å². The Morgan fingerprint density at radius 2 is 1.38 bits per heavy atom. The van der Waals surface area contributed by atoms with E-state index in [1.807, 2.05) is 0 Å². The molecule has 3 aliphatic rings. The van der Waals surface area contributed by atoms with Crippen molar-refractivity contribution in [1.29, 1.82) is 0 Å². The van der Waals surface area contributed by atoms with Crippen molar-refractivity contribution in [2.45, 2.75) is 87.4 Å². The molecule has 1 unspecified atom stereocenters. The highest BCUT2D eigenvalue weighted by atomic mass is 16.7. The van der Waals surface area contributed by atoms with E-state index < -0.39 is 70.6 Å². The van der Waals surface area contributed by atoms with Gasteiger partial charge in [0.15, 0.2) is 5.60 Å². The van der Waals surface area contributed by atoms with Crippen LogP contribution in [0.2, 0.25) is 0 Å². The lowest BCUT2D eigenvalue weighted by molar-refractivity contribution is -0.368. The Bertz CT molecular complexity index is 1290. The second-order valence-electron chi connectivity index (χ2n) is 11.6. The molecule has 3 fully saturated rings. The number of carbonyl (C=O) groups is 3. The maximum Gasteiger partial charge on any atom is 0.338 e. The quantitative estimate of drug-likeness (QED) is 0.371.